The Morgan fingerprint density at radius 2 is 1.81 bits per heavy atom. The number of aryl methyl sites for hydroxylation is 1. The number of fused-ring (bicyclic) bond motifs is 4. The lowest BCUT2D eigenvalue weighted by molar-refractivity contribution is -0.136. The van der Waals surface area contributed by atoms with Crippen LogP contribution in [0.25, 0.3) is 21.9 Å². The van der Waals surface area contributed by atoms with Crippen LogP contribution in [0.2, 0.25) is 5.02 Å². The van der Waals surface area contributed by atoms with Crippen molar-refractivity contribution in [3.8, 4) is 0 Å². The van der Waals surface area contributed by atoms with E-state index in [1.807, 2.05) is 0 Å². The summed E-state index contributed by atoms with van der Waals surface area (Å²) in [6.07, 6.45) is -7.14. The maximum atomic E-state index is 14.4. The number of aromatic nitrogens is 4. The third kappa shape index (κ3) is 4.63. The summed E-state index contributed by atoms with van der Waals surface area (Å²) in [6, 6.07) is 4.50. The van der Waals surface area contributed by atoms with Gasteiger partial charge >= 0.3 is 11.9 Å². The quantitative estimate of drug-likeness (QED) is 0.232. The maximum absolute atomic E-state index is 14.4. The van der Waals surface area contributed by atoms with Crippen molar-refractivity contribution in [1.82, 2.24) is 24.4 Å². The monoisotopic (exact) mass is 624 g/mol. The highest BCUT2D eigenvalue weighted by molar-refractivity contribution is 6.31. The number of hydrogen-bond acceptors (Lipinski definition) is 5. The molecule has 6 rings (SSSR count). The van der Waals surface area contributed by atoms with Crippen LogP contribution in [-0.4, -0.2) is 31.4 Å². The highest BCUT2D eigenvalue weighted by Crippen LogP contribution is 2.44. The van der Waals surface area contributed by atoms with Gasteiger partial charge in [0.15, 0.2) is 0 Å². The molecule has 43 heavy (non-hydrogen) atoms. The van der Waals surface area contributed by atoms with Crippen molar-refractivity contribution in [2.45, 2.75) is 25.2 Å². The molecule has 5 aromatic rings. The van der Waals surface area contributed by atoms with Gasteiger partial charge in [-0.1, -0.05) is 11.6 Å². The van der Waals surface area contributed by atoms with Gasteiger partial charge in [-0.2, -0.15) is 13.2 Å². The Kier molecular flexibility index (Phi) is 6.60. The summed E-state index contributed by atoms with van der Waals surface area (Å²) in [5, 5.41) is 5.08. The lowest BCUT2D eigenvalue weighted by atomic mass is 9.95. The van der Waals surface area contributed by atoms with Crippen molar-refractivity contribution in [2.75, 3.05) is 5.32 Å². The van der Waals surface area contributed by atoms with E-state index in [1.54, 1.807) is 0 Å². The molecule has 1 amide bonds. The van der Waals surface area contributed by atoms with E-state index in [1.165, 1.54) is 19.2 Å². The SMILES string of the molecule is Cn1c(=O)n(CC(F)F)c2cc(Nc3ncnc4c(C(F)(F)F)cc(F)cc34)c3c(c21)C(=O)N[C@H]3c1cc(F)ccc1Cl. The van der Waals surface area contributed by atoms with Crippen molar-refractivity contribution in [1.29, 1.82) is 0 Å². The van der Waals surface area contributed by atoms with E-state index >= 15 is 0 Å². The van der Waals surface area contributed by atoms with E-state index in [0.717, 1.165) is 33.7 Å². The fraction of sp³-hybridized carbons (Fsp3) is 0.185. The van der Waals surface area contributed by atoms with E-state index in [9.17, 15) is 40.3 Å². The summed E-state index contributed by atoms with van der Waals surface area (Å²) in [5.41, 5.74) is -3.12. The molecule has 0 radical (unpaired) electrons. The Balaban J connectivity index is 1.67. The number of halogens is 8. The lowest BCUT2D eigenvalue weighted by Gasteiger charge is -2.19. The largest absolute Gasteiger partial charge is 0.418 e. The highest BCUT2D eigenvalue weighted by Gasteiger charge is 2.39. The lowest BCUT2D eigenvalue weighted by Crippen LogP contribution is -2.25. The van der Waals surface area contributed by atoms with Gasteiger partial charge in [0.2, 0.25) is 0 Å². The molecule has 0 bridgehead atoms. The number of alkyl halides is 5. The van der Waals surface area contributed by atoms with Crippen molar-refractivity contribution >= 4 is 50.9 Å². The van der Waals surface area contributed by atoms with Crippen LogP contribution in [0, 0.1) is 11.6 Å². The Morgan fingerprint density at radius 1 is 1.07 bits per heavy atom. The second kappa shape index (κ2) is 9.97. The first-order valence-electron chi connectivity index (χ1n) is 12.3. The van der Waals surface area contributed by atoms with Crippen LogP contribution in [0.3, 0.4) is 0 Å². The first-order chi connectivity index (χ1) is 20.3. The summed E-state index contributed by atoms with van der Waals surface area (Å²) in [4.78, 5) is 34.1. The van der Waals surface area contributed by atoms with Gasteiger partial charge in [0.05, 0.1) is 40.3 Å². The molecule has 0 saturated carbocycles. The fourth-order valence-corrected chi connectivity index (χ4v) is 5.59. The number of carbonyl (C=O) groups is 1. The molecule has 2 aromatic heterocycles. The van der Waals surface area contributed by atoms with Crippen molar-refractivity contribution in [3.05, 3.63) is 92.1 Å². The first-order valence-corrected chi connectivity index (χ1v) is 12.7. The Morgan fingerprint density at radius 3 is 2.51 bits per heavy atom. The number of carbonyl (C=O) groups excluding carboxylic acids is 1. The number of nitrogens with zero attached hydrogens (tertiary/aromatic N) is 4. The molecule has 3 heterocycles. The number of nitrogens with one attached hydrogen (secondary N) is 2. The minimum atomic E-state index is -4.98. The number of imidazole rings is 1. The molecule has 0 spiro atoms. The van der Waals surface area contributed by atoms with Crippen LogP contribution >= 0.6 is 11.6 Å². The van der Waals surface area contributed by atoms with Crippen molar-refractivity contribution in [2.24, 2.45) is 7.05 Å². The second-order valence-corrected chi connectivity index (χ2v) is 10.1. The van der Waals surface area contributed by atoms with E-state index in [2.05, 4.69) is 20.6 Å². The van der Waals surface area contributed by atoms with E-state index in [-0.39, 0.29) is 55.7 Å². The minimum Gasteiger partial charge on any atom is -0.341 e. The molecule has 222 valence electrons. The van der Waals surface area contributed by atoms with Crippen LogP contribution in [0.5, 0.6) is 0 Å². The van der Waals surface area contributed by atoms with Crippen LogP contribution in [0.4, 0.5) is 42.2 Å². The standard InChI is InChI=1S/C27H16ClF7N6O2/c1-40-23-17(41(26(40)43)8-18(31)32)7-16(19-20(23)25(42)39-22(19)12-4-10(29)2-3-15(12)28)38-24-13-5-11(30)6-14(27(33,34)35)21(13)36-9-37-24/h2-7,9,18,22H,8H2,1H3,(H,39,42)(H,36,37,38)/t22-/m0/s1. The fourth-order valence-electron chi connectivity index (χ4n) is 5.37. The first kappa shape index (κ1) is 28.5. The zero-order valence-corrected chi connectivity index (χ0v) is 22.3. The Bertz CT molecular complexity index is 2040. The normalized spacial score (nSPS) is 15.0. The maximum Gasteiger partial charge on any atom is 0.418 e. The van der Waals surface area contributed by atoms with Gasteiger partial charge in [0.25, 0.3) is 12.3 Å². The summed E-state index contributed by atoms with van der Waals surface area (Å²) < 4.78 is 98.6. The summed E-state index contributed by atoms with van der Waals surface area (Å²) in [6.45, 7) is -1.04. The van der Waals surface area contributed by atoms with Crippen LogP contribution in [0.1, 0.15) is 33.1 Å². The van der Waals surface area contributed by atoms with Crippen molar-refractivity contribution in [3.63, 3.8) is 0 Å². The predicted octanol–water partition coefficient (Wildman–Crippen LogP) is 6.08. The molecule has 0 unspecified atom stereocenters. The van der Waals surface area contributed by atoms with E-state index < -0.39 is 59.5 Å². The third-order valence-corrected chi connectivity index (χ3v) is 7.45. The molecule has 16 heteroatoms. The van der Waals surface area contributed by atoms with Gasteiger partial charge in [0.1, 0.15) is 23.8 Å². The molecule has 3 aromatic carbocycles. The molecule has 8 nitrogen and oxygen atoms in total. The third-order valence-electron chi connectivity index (χ3n) is 7.11. The zero-order valence-electron chi connectivity index (χ0n) is 21.5. The zero-order chi connectivity index (χ0) is 31.0. The molecule has 1 aliphatic rings. The van der Waals surface area contributed by atoms with Gasteiger partial charge in [-0.15, -0.1) is 0 Å². The molecule has 0 fully saturated rings. The topological polar surface area (TPSA) is 93.8 Å². The minimum absolute atomic E-state index is 0.0309. The number of benzene rings is 3. The second-order valence-electron chi connectivity index (χ2n) is 9.69. The summed E-state index contributed by atoms with van der Waals surface area (Å²) in [7, 11) is 1.27. The van der Waals surface area contributed by atoms with Gasteiger partial charge in [-0.25, -0.2) is 32.3 Å². The van der Waals surface area contributed by atoms with Crippen LogP contribution in [-0.2, 0) is 19.8 Å². The van der Waals surface area contributed by atoms with Crippen LogP contribution < -0.4 is 16.3 Å². The van der Waals surface area contributed by atoms with Gasteiger partial charge in [-0.05, 0) is 36.4 Å². The molecular formula is C27H16ClF7N6O2. The van der Waals surface area contributed by atoms with Gasteiger partial charge in [0, 0.05) is 34.3 Å². The Hall–Kier alpha value is -4.66. The molecule has 0 aliphatic carbocycles. The molecule has 0 saturated heterocycles. The predicted molar refractivity (Wildman–Crippen MR) is 142 cm³/mol. The summed E-state index contributed by atoms with van der Waals surface area (Å²) in [5.74, 6) is -3.05. The molecular weight excluding hydrogens is 609 g/mol. The van der Waals surface area contributed by atoms with Gasteiger partial charge in [-0.3, -0.25) is 13.9 Å². The smallest absolute Gasteiger partial charge is 0.341 e. The number of hydrogen-bond donors (Lipinski definition) is 2. The molecule has 2 N–H and O–H groups in total. The number of anilines is 2. The van der Waals surface area contributed by atoms with Gasteiger partial charge < -0.3 is 10.6 Å². The average Bonchev–Trinajstić information content (AvgIpc) is 3.38. The number of amides is 1. The molecule has 1 aliphatic heterocycles. The average molecular weight is 625 g/mol. The summed E-state index contributed by atoms with van der Waals surface area (Å²) >= 11 is 6.34. The van der Waals surface area contributed by atoms with E-state index in [0.29, 0.717) is 0 Å². The number of rotatable bonds is 5. The van der Waals surface area contributed by atoms with E-state index in [4.69, 9.17) is 11.6 Å². The Labute approximate surface area is 240 Å². The van der Waals surface area contributed by atoms with Crippen LogP contribution in [0.15, 0.2) is 47.5 Å². The molecule has 1 atom stereocenters. The highest BCUT2D eigenvalue weighted by atomic mass is 35.5. The van der Waals surface area contributed by atoms with Crippen molar-refractivity contribution < 1.29 is 35.5 Å².